The summed E-state index contributed by atoms with van der Waals surface area (Å²) in [5.74, 6) is -0.303. The molecule has 0 bridgehead atoms. The van der Waals surface area contributed by atoms with E-state index in [1.165, 1.54) is 11.0 Å². The average molecular weight is 459 g/mol. The molecule has 8 nitrogen and oxygen atoms in total. The molecule has 2 aromatic carbocycles. The van der Waals surface area contributed by atoms with Crippen molar-refractivity contribution in [1.82, 2.24) is 9.80 Å². The Balaban J connectivity index is 1.41. The highest BCUT2D eigenvalue weighted by Crippen LogP contribution is 2.36. The lowest BCUT2D eigenvalue weighted by molar-refractivity contribution is -0.384. The number of anilines is 1. The van der Waals surface area contributed by atoms with Crippen LogP contribution in [0.25, 0.3) is 6.08 Å². The smallest absolute Gasteiger partial charge is 0.294 e. The number of hydrogen-bond donors (Lipinski definition) is 0. The van der Waals surface area contributed by atoms with Crippen molar-refractivity contribution in [1.29, 1.82) is 0 Å². The van der Waals surface area contributed by atoms with Gasteiger partial charge in [-0.25, -0.2) is 0 Å². The Bertz CT molecular complexity index is 1050. The lowest BCUT2D eigenvalue weighted by Crippen LogP contribution is -2.51. The SMILES string of the molecule is O=C1SC(=Cc2ccccc2)C(=O)N1CN1CCN(c2c(Cl)cccc2[N+](=O)[O-])CC1. The number of nitro groups is 1. The van der Waals surface area contributed by atoms with Gasteiger partial charge in [-0.2, -0.15) is 0 Å². The van der Waals surface area contributed by atoms with Crippen molar-refractivity contribution >= 4 is 52.0 Å². The minimum Gasteiger partial charge on any atom is -0.362 e. The molecule has 0 aromatic heterocycles. The molecule has 10 heteroatoms. The molecule has 4 rings (SSSR count). The number of amides is 2. The van der Waals surface area contributed by atoms with Gasteiger partial charge in [0.1, 0.15) is 5.69 Å². The van der Waals surface area contributed by atoms with E-state index in [0.29, 0.717) is 41.8 Å². The van der Waals surface area contributed by atoms with Crippen LogP contribution >= 0.6 is 23.4 Å². The van der Waals surface area contributed by atoms with E-state index in [4.69, 9.17) is 11.6 Å². The maximum absolute atomic E-state index is 12.7. The van der Waals surface area contributed by atoms with Crippen LogP contribution in [-0.2, 0) is 4.79 Å². The predicted molar refractivity (Wildman–Crippen MR) is 121 cm³/mol. The van der Waals surface area contributed by atoms with E-state index in [0.717, 1.165) is 17.3 Å². The number of carbonyl (C=O) groups excluding carboxylic acids is 2. The van der Waals surface area contributed by atoms with Gasteiger partial charge in [-0.05, 0) is 29.5 Å². The molecule has 2 amide bonds. The first-order chi connectivity index (χ1) is 14.9. The zero-order chi connectivity index (χ0) is 22.0. The molecule has 0 radical (unpaired) electrons. The number of imide groups is 1. The number of carbonyl (C=O) groups is 2. The van der Waals surface area contributed by atoms with E-state index >= 15 is 0 Å². The third-order valence-electron chi connectivity index (χ3n) is 5.16. The molecule has 2 fully saturated rings. The molecular formula is C21H19ClN4O4S. The van der Waals surface area contributed by atoms with Gasteiger partial charge in [-0.15, -0.1) is 0 Å². The van der Waals surface area contributed by atoms with Crippen LogP contribution in [0.15, 0.2) is 53.4 Å². The number of halogens is 1. The summed E-state index contributed by atoms with van der Waals surface area (Å²) in [4.78, 5) is 41.6. The van der Waals surface area contributed by atoms with Crippen LogP contribution in [0.2, 0.25) is 5.02 Å². The summed E-state index contributed by atoms with van der Waals surface area (Å²) >= 11 is 7.17. The first-order valence-corrected chi connectivity index (χ1v) is 10.8. The minimum absolute atomic E-state index is 0.0297. The third kappa shape index (κ3) is 4.58. The molecule has 2 aliphatic heterocycles. The summed E-state index contributed by atoms with van der Waals surface area (Å²) in [6.45, 7) is 2.28. The van der Waals surface area contributed by atoms with Crippen molar-refractivity contribution < 1.29 is 14.5 Å². The molecule has 2 heterocycles. The highest BCUT2D eigenvalue weighted by Gasteiger charge is 2.37. The molecule has 0 aliphatic carbocycles. The number of hydrogen-bond acceptors (Lipinski definition) is 7. The second kappa shape index (κ2) is 9.09. The fourth-order valence-corrected chi connectivity index (χ4v) is 4.72. The molecule has 2 saturated heterocycles. The minimum atomic E-state index is -0.438. The van der Waals surface area contributed by atoms with Crippen LogP contribution in [0, 0.1) is 10.1 Å². The molecular weight excluding hydrogens is 440 g/mol. The quantitative estimate of drug-likeness (QED) is 0.379. The normalized spacial score (nSPS) is 18.8. The van der Waals surface area contributed by atoms with E-state index in [1.54, 1.807) is 18.2 Å². The van der Waals surface area contributed by atoms with E-state index in [-0.39, 0.29) is 23.5 Å². The van der Waals surface area contributed by atoms with Gasteiger partial charge < -0.3 is 4.90 Å². The summed E-state index contributed by atoms with van der Waals surface area (Å²) in [5.41, 5.74) is 1.24. The second-order valence-corrected chi connectivity index (χ2v) is 8.53. The van der Waals surface area contributed by atoms with Crippen molar-refractivity contribution in [3.8, 4) is 0 Å². The number of nitro benzene ring substituents is 1. The van der Waals surface area contributed by atoms with E-state index < -0.39 is 4.92 Å². The lowest BCUT2D eigenvalue weighted by Gasteiger charge is -2.37. The molecule has 0 N–H and O–H groups in total. The highest BCUT2D eigenvalue weighted by molar-refractivity contribution is 8.18. The van der Waals surface area contributed by atoms with Crippen LogP contribution in [-0.4, -0.2) is 58.7 Å². The second-order valence-electron chi connectivity index (χ2n) is 7.13. The number of piperazine rings is 1. The Morgan fingerprint density at radius 1 is 1.03 bits per heavy atom. The Morgan fingerprint density at radius 3 is 2.42 bits per heavy atom. The molecule has 2 aromatic rings. The Labute approximate surface area is 188 Å². The zero-order valence-corrected chi connectivity index (χ0v) is 18.0. The number of benzene rings is 2. The highest BCUT2D eigenvalue weighted by atomic mass is 35.5. The average Bonchev–Trinajstić information content (AvgIpc) is 3.02. The van der Waals surface area contributed by atoms with Crippen LogP contribution in [0.3, 0.4) is 0 Å². The Hall–Kier alpha value is -2.88. The maximum atomic E-state index is 12.7. The monoisotopic (exact) mass is 458 g/mol. The molecule has 0 saturated carbocycles. The summed E-state index contributed by atoms with van der Waals surface area (Å²) in [7, 11) is 0. The Morgan fingerprint density at radius 2 is 1.74 bits per heavy atom. The largest absolute Gasteiger partial charge is 0.362 e. The van der Waals surface area contributed by atoms with Crippen molar-refractivity contribution in [2.24, 2.45) is 0 Å². The van der Waals surface area contributed by atoms with Crippen molar-refractivity contribution in [2.75, 3.05) is 37.7 Å². The van der Waals surface area contributed by atoms with Gasteiger partial charge in [0.15, 0.2) is 0 Å². The molecule has 0 atom stereocenters. The van der Waals surface area contributed by atoms with Crippen LogP contribution < -0.4 is 4.90 Å². The van der Waals surface area contributed by atoms with Gasteiger partial charge in [-0.1, -0.05) is 48.0 Å². The van der Waals surface area contributed by atoms with Crippen molar-refractivity contribution in [3.05, 3.63) is 74.1 Å². The van der Waals surface area contributed by atoms with E-state index in [2.05, 4.69) is 0 Å². The predicted octanol–water partition coefficient (Wildman–Crippen LogP) is 4.06. The molecule has 160 valence electrons. The lowest BCUT2D eigenvalue weighted by atomic mass is 10.2. The van der Waals surface area contributed by atoms with Gasteiger partial charge in [0.2, 0.25) is 0 Å². The van der Waals surface area contributed by atoms with Gasteiger partial charge in [-0.3, -0.25) is 29.5 Å². The van der Waals surface area contributed by atoms with Crippen molar-refractivity contribution in [3.63, 3.8) is 0 Å². The first kappa shape index (κ1) is 21.4. The standard InChI is InChI=1S/C21H19ClN4O4S/c22-16-7-4-8-17(26(29)30)19(16)24-11-9-23(10-12-24)14-25-20(27)18(31-21(25)28)13-15-5-2-1-3-6-15/h1-8,13H,9-12,14H2. The Kier molecular flexibility index (Phi) is 6.26. The van der Waals surface area contributed by atoms with Gasteiger partial charge in [0, 0.05) is 32.2 Å². The number of thioether (sulfide) groups is 1. The third-order valence-corrected chi connectivity index (χ3v) is 6.38. The molecule has 31 heavy (non-hydrogen) atoms. The number of nitrogens with zero attached hydrogens (tertiary/aromatic N) is 4. The van der Waals surface area contributed by atoms with Crippen LogP contribution in [0.1, 0.15) is 5.56 Å². The fraction of sp³-hybridized carbons (Fsp3) is 0.238. The molecule has 0 unspecified atom stereocenters. The fourth-order valence-electron chi connectivity index (χ4n) is 3.60. The summed E-state index contributed by atoms with van der Waals surface area (Å²) in [6, 6.07) is 14.0. The van der Waals surface area contributed by atoms with Crippen LogP contribution in [0.5, 0.6) is 0 Å². The zero-order valence-electron chi connectivity index (χ0n) is 16.4. The van der Waals surface area contributed by atoms with Crippen LogP contribution in [0.4, 0.5) is 16.2 Å². The van der Waals surface area contributed by atoms with Crippen molar-refractivity contribution in [2.45, 2.75) is 0 Å². The van der Waals surface area contributed by atoms with E-state index in [1.807, 2.05) is 40.1 Å². The topological polar surface area (TPSA) is 87.0 Å². The first-order valence-electron chi connectivity index (χ1n) is 9.64. The number of para-hydroxylation sites is 1. The van der Waals surface area contributed by atoms with Gasteiger partial charge in [0.05, 0.1) is 21.5 Å². The van der Waals surface area contributed by atoms with E-state index in [9.17, 15) is 19.7 Å². The van der Waals surface area contributed by atoms with Gasteiger partial charge in [0.25, 0.3) is 16.8 Å². The maximum Gasteiger partial charge on any atom is 0.294 e. The molecule has 2 aliphatic rings. The summed E-state index contributed by atoms with van der Waals surface area (Å²) in [5, 5.41) is 11.4. The number of rotatable bonds is 5. The summed E-state index contributed by atoms with van der Waals surface area (Å²) < 4.78 is 0. The summed E-state index contributed by atoms with van der Waals surface area (Å²) in [6.07, 6.45) is 1.72. The van der Waals surface area contributed by atoms with Gasteiger partial charge >= 0.3 is 0 Å². The molecule has 0 spiro atoms.